The Morgan fingerprint density at radius 3 is 2.42 bits per heavy atom. The normalized spacial score (nSPS) is 28.5. The van der Waals surface area contributed by atoms with Crippen LogP contribution in [0.3, 0.4) is 0 Å². The van der Waals surface area contributed by atoms with Gasteiger partial charge in [0, 0.05) is 25.7 Å². The van der Waals surface area contributed by atoms with E-state index in [9.17, 15) is 19.2 Å². The van der Waals surface area contributed by atoms with E-state index in [0.717, 1.165) is 19.4 Å². The number of nitrogens with one attached hydrogen (secondary N) is 1. The molecule has 0 unspecified atom stereocenters. The summed E-state index contributed by atoms with van der Waals surface area (Å²) in [5.41, 5.74) is -1.53. The number of rotatable bonds is 3. The van der Waals surface area contributed by atoms with Gasteiger partial charge < -0.3 is 14.7 Å². The van der Waals surface area contributed by atoms with Crippen molar-refractivity contribution >= 4 is 23.8 Å². The number of likely N-dealkylation sites (tertiary alicyclic amines) is 2. The Hall–Kier alpha value is -2.12. The Kier molecular flexibility index (Phi) is 4.48. The van der Waals surface area contributed by atoms with Gasteiger partial charge in [-0.15, -0.1) is 0 Å². The molecule has 3 fully saturated rings. The molecule has 1 N–H and O–H groups in total. The molecular weight excluding hydrogens is 336 g/mol. The fourth-order valence-corrected chi connectivity index (χ4v) is 4.26. The summed E-state index contributed by atoms with van der Waals surface area (Å²) in [6.45, 7) is 8.81. The molecule has 0 radical (unpaired) electrons. The molecule has 5 amide bonds. The summed E-state index contributed by atoms with van der Waals surface area (Å²) in [5.74, 6) is -0.471. The fraction of sp³-hybridized carbons (Fsp3) is 0.778. The van der Waals surface area contributed by atoms with Gasteiger partial charge >= 0.3 is 6.03 Å². The van der Waals surface area contributed by atoms with Gasteiger partial charge in [-0.1, -0.05) is 0 Å². The molecule has 8 heteroatoms. The first-order valence-electron chi connectivity index (χ1n) is 9.30. The highest BCUT2D eigenvalue weighted by Gasteiger charge is 2.51. The van der Waals surface area contributed by atoms with Crippen LogP contribution in [0.25, 0.3) is 0 Å². The highest BCUT2D eigenvalue weighted by atomic mass is 16.2. The zero-order valence-corrected chi connectivity index (χ0v) is 16.0. The largest absolute Gasteiger partial charge is 0.340 e. The molecular formula is C18H28N4O4. The molecule has 3 saturated heterocycles. The lowest BCUT2D eigenvalue weighted by molar-refractivity contribution is -0.148. The third-order valence-electron chi connectivity index (χ3n) is 6.09. The van der Waals surface area contributed by atoms with Gasteiger partial charge in [-0.05, 0) is 47.0 Å². The molecule has 0 saturated carbocycles. The van der Waals surface area contributed by atoms with Crippen molar-refractivity contribution in [3.8, 4) is 0 Å². The Morgan fingerprint density at radius 1 is 1.15 bits per heavy atom. The molecule has 3 heterocycles. The van der Waals surface area contributed by atoms with Crippen molar-refractivity contribution in [1.82, 2.24) is 20.0 Å². The van der Waals surface area contributed by atoms with Crippen molar-refractivity contribution in [3.63, 3.8) is 0 Å². The van der Waals surface area contributed by atoms with E-state index in [0.29, 0.717) is 19.5 Å². The molecule has 0 aromatic heterocycles. The summed E-state index contributed by atoms with van der Waals surface area (Å²) in [6, 6.07) is -0.383. The van der Waals surface area contributed by atoms with Gasteiger partial charge in [0.15, 0.2) is 0 Å². The second-order valence-electron chi connectivity index (χ2n) is 8.45. The molecule has 0 bridgehead atoms. The average Bonchev–Trinajstić information content (AvgIpc) is 3.06. The molecule has 1 spiro atoms. The summed E-state index contributed by atoms with van der Waals surface area (Å²) < 4.78 is 0. The Balaban J connectivity index is 1.69. The first-order valence-corrected chi connectivity index (χ1v) is 9.30. The van der Waals surface area contributed by atoms with Crippen molar-refractivity contribution < 1.29 is 19.2 Å². The number of imide groups is 1. The van der Waals surface area contributed by atoms with E-state index in [-0.39, 0.29) is 24.4 Å². The Bertz CT molecular complexity index is 660. The van der Waals surface area contributed by atoms with Crippen molar-refractivity contribution in [2.75, 3.05) is 26.2 Å². The number of urea groups is 1. The van der Waals surface area contributed by atoms with Gasteiger partial charge in [-0.2, -0.15) is 0 Å². The summed E-state index contributed by atoms with van der Waals surface area (Å²) in [4.78, 5) is 54.4. The minimum Gasteiger partial charge on any atom is -0.340 e. The second-order valence-corrected chi connectivity index (χ2v) is 8.45. The summed E-state index contributed by atoms with van der Waals surface area (Å²) in [7, 11) is 0. The molecule has 8 nitrogen and oxygen atoms in total. The summed E-state index contributed by atoms with van der Waals surface area (Å²) in [5, 5.41) is 2.25. The van der Waals surface area contributed by atoms with Crippen molar-refractivity contribution in [2.24, 2.45) is 5.41 Å². The van der Waals surface area contributed by atoms with Crippen LogP contribution in [0, 0.1) is 5.41 Å². The highest BCUT2D eigenvalue weighted by molar-refractivity contribution is 6.07. The van der Waals surface area contributed by atoms with E-state index >= 15 is 0 Å². The van der Waals surface area contributed by atoms with E-state index in [1.165, 1.54) is 4.90 Å². The SMILES string of the molecule is CC(C)N1CCC[C@]2(CCN(C(=O)CN3C(=O)NC(=O)C3(C)C)C2)C1=O. The number of piperidine rings is 1. The number of hydrogen-bond donors (Lipinski definition) is 1. The summed E-state index contributed by atoms with van der Waals surface area (Å²) in [6.07, 6.45) is 2.41. The number of hydrogen-bond acceptors (Lipinski definition) is 4. The maximum absolute atomic E-state index is 13.0. The van der Waals surface area contributed by atoms with E-state index < -0.39 is 22.9 Å². The van der Waals surface area contributed by atoms with Crippen LogP contribution in [0.5, 0.6) is 0 Å². The van der Waals surface area contributed by atoms with Crippen LogP contribution in [-0.4, -0.2) is 76.2 Å². The van der Waals surface area contributed by atoms with E-state index in [2.05, 4.69) is 5.32 Å². The quantitative estimate of drug-likeness (QED) is 0.741. The summed E-state index contributed by atoms with van der Waals surface area (Å²) >= 11 is 0. The Labute approximate surface area is 153 Å². The minimum atomic E-state index is -1.04. The lowest BCUT2D eigenvalue weighted by Gasteiger charge is -2.41. The van der Waals surface area contributed by atoms with Crippen LogP contribution in [0.2, 0.25) is 0 Å². The maximum Gasteiger partial charge on any atom is 0.325 e. The smallest absolute Gasteiger partial charge is 0.325 e. The van der Waals surface area contributed by atoms with Crippen LogP contribution in [0.1, 0.15) is 47.0 Å². The zero-order valence-electron chi connectivity index (χ0n) is 16.0. The number of carbonyl (C=O) groups excluding carboxylic acids is 4. The van der Waals surface area contributed by atoms with E-state index in [1.54, 1.807) is 18.7 Å². The van der Waals surface area contributed by atoms with Crippen LogP contribution in [0.4, 0.5) is 4.79 Å². The predicted octanol–water partition coefficient (Wildman–Crippen LogP) is 0.566. The number of amides is 5. The topological polar surface area (TPSA) is 90.0 Å². The van der Waals surface area contributed by atoms with Crippen LogP contribution in [0.15, 0.2) is 0 Å². The van der Waals surface area contributed by atoms with E-state index in [4.69, 9.17) is 0 Å². The van der Waals surface area contributed by atoms with Crippen molar-refractivity contribution in [3.05, 3.63) is 0 Å². The number of nitrogens with zero attached hydrogens (tertiary/aromatic N) is 3. The van der Waals surface area contributed by atoms with Gasteiger partial charge in [-0.25, -0.2) is 4.79 Å². The van der Waals surface area contributed by atoms with Gasteiger partial charge in [0.2, 0.25) is 11.8 Å². The van der Waals surface area contributed by atoms with Crippen LogP contribution in [-0.2, 0) is 14.4 Å². The molecule has 144 valence electrons. The molecule has 0 aliphatic carbocycles. The Morgan fingerprint density at radius 2 is 1.85 bits per heavy atom. The third kappa shape index (κ3) is 2.85. The van der Waals surface area contributed by atoms with Crippen molar-refractivity contribution in [1.29, 1.82) is 0 Å². The molecule has 0 aromatic carbocycles. The molecule has 3 aliphatic rings. The predicted molar refractivity (Wildman–Crippen MR) is 94.0 cm³/mol. The fourth-order valence-electron chi connectivity index (χ4n) is 4.26. The van der Waals surface area contributed by atoms with Gasteiger partial charge in [0.05, 0.1) is 5.41 Å². The number of carbonyl (C=O) groups is 4. The van der Waals surface area contributed by atoms with Gasteiger partial charge in [0.1, 0.15) is 12.1 Å². The van der Waals surface area contributed by atoms with E-state index in [1.807, 2.05) is 18.7 Å². The maximum atomic E-state index is 13.0. The van der Waals surface area contributed by atoms with Gasteiger partial charge in [0.25, 0.3) is 5.91 Å². The first-order chi connectivity index (χ1) is 12.1. The standard InChI is InChI=1S/C18H28N4O4/c1-12(2)21-8-5-6-18(15(21)25)7-9-20(11-18)13(23)10-22-16(26)19-14(24)17(22,3)4/h12H,5-11H2,1-4H3,(H,19,24,26)/t18-/m1/s1. The van der Waals surface area contributed by atoms with Gasteiger partial charge in [-0.3, -0.25) is 19.7 Å². The first kappa shape index (κ1) is 18.7. The molecule has 26 heavy (non-hydrogen) atoms. The monoisotopic (exact) mass is 364 g/mol. The average molecular weight is 364 g/mol. The lowest BCUT2D eigenvalue weighted by atomic mass is 9.78. The van der Waals surface area contributed by atoms with Crippen molar-refractivity contribution in [2.45, 2.75) is 58.5 Å². The second kappa shape index (κ2) is 6.25. The molecule has 0 aromatic rings. The molecule has 1 atom stereocenters. The third-order valence-corrected chi connectivity index (χ3v) is 6.09. The molecule has 3 rings (SSSR count). The zero-order chi connectivity index (χ0) is 19.3. The molecule has 3 aliphatic heterocycles. The lowest BCUT2D eigenvalue weighted by Crippen LogP contribution is -2.53. The van der Waals surface area contributed by atoms with Crippen LogP contribution >= 0.6 is 0 Å². The van der Waals surface area contributed by atoms with Crippen LogP contribution < -0.4 is 5.32 Å². The highest BCUT2D eigenvalue weighted by Crippen LogP contribution is 2.40. The minimum absolute atomic E-state index is 0.142.